The molecule has 0 aromatic heterocycles. The third kappa shape index (κ3) is 3.46. The van der Waals surface area contributed by atoms with Crippen LogP contribution in [0.25, 0.3) is 0 Å². The molecule has 1 aliphatic rings. The molecule has 0 spiro atoms. The van der Waals surface area contributed by atoms with E-state index in [9.17, 15) is 0 Å². The number of nitrogens with zero attached hydrogens (tertiary/aromatic N) is 2. The molecule has 3 rings (SSSR count). The first kappa shape index (κ1) is 14.6. The van der Waals surface area contributed by atoms with Crippen LogP contribution in [0.5, 0.6) is 0 Å². The van der Waals surface area contributed by atoms with E-state index in [0.29, 0.717) is 0 Å². The van der Waals surface area contributed by atoms with Gasteiger partial charge in [0.05, 0.1) is 0 Å². The van der Waals surface area contributed by atoms with Gasteiger partial charge >= 0.3 is 0 Å². The SMILES string of the molecule is N=C(N)c1ccc(N2CCN(Cc3ccccc3)CC2)cc1. The van der Waals surface area contributed by atoms with Crippen molar-refractivity contribution >= 4 is 11.5 Å². The lowest BCUT2D eigenvalue weighted by molar-refractivity contribution is 0.250. The molecular formula is C18H22N4. The maximum atomic E-state index is 7.44. The summed E-state index contributed by atoms with van der Waals surface area (Å²) in [5, 5.41) is 7.44. The summed E-state index contributed by atoms with van der Waals surface area (Å²) in [6, 6.07) is 18.6. The van der Waals surface area contributed by atoms with Crippen LogP contribution in [-0.2, 0) is 6.54 Å². The number of piperazine rings is 1. The fraction of sp³-hybridized carbons (Fsp3) is 0.278. The van der Waals surface area contributed by atoms with Crippen molar-refractivity contribution in [3.05, 3.63) is 65.7 Å². The molecule has 0 bridgehead atoms. The molecule has 0 atom stereocenters. The molecular weight excluding hydrogens is 272 g/mol. The van der Waals surface area contributed by atoms with Gasteiger partial charge in [-0.2, -0.15) is 0 Å². The number of rotatable bonds is 4. The largest absolute Gasteiger partial charge is 0.384 e. The van der Waals surface area contributed by atoms with Crippen LogP contribution in [0.15, 0.2) is 54.6 Å². The van der Waals surface area contributed by atoms with Gasteiger partial charge in [0.1, 0.15) is 5.84 Å². The van der Waals surface area contributed by atoms with Gasteiger partial charge in [-0.25, -0.2) is 0 Å². The highest BCUT2D eigenvalue weighted by molar-refractivity contribution is 5.95. The third-order valence-corrected chi connectivity index (χ3v) is 4.16. The first-order valence-electron chi connectivity index (χ1n) is 7.68. The molecule has 4 nitrogen and oxygen atoms in total. The van der Waals surface area contributed by atoms with E-state index in [1.165, 1.54) is 11.3 Å². The van der Waals surface area contributed by atoms with Crippen molar-refractivity contribution in [2.75, 3.05) is 31.1 Å². The van der Waals surface area contributed by atoms with Crippen LogP contribution in [0.2, 0.25) is 0 Å². The Labute approximate surface area is 131 Å². The Morgan fingerprint density at radius 2 is 1.55 bits per heavy atom. The first-order chi connectivity index (χ1) is 10.7. The summed E-state index contributed by atoms with van der Waals surface area (Å²) < 4.78 is 0. The van der Waals surface area contributed by atoms with Gasteiger partial charge in [-0.3, -0.25) is 10.3 Å². The third-order valence-electron chi connectivity index (χ3n) is 4.16. The lowest BCUT2D eigenvalue weighted by Gasteiger charge is -2.36. The molecule has 0 unspecified atom stereocenters. The van der Waals surface area contributed by atoms with E-state index in [1.807, 2.05) is 12.1 Å². The number of amidine groups is 1. The first-order valence-corrected chi connectivity index (χ1v) is 7.68. The van der Waals surface area contributed by atoms with Gasteiger partial charge in [0.25, 0.3) is 0 Å². The van der Waals surface area contributed by atoms with Gasteiger partial charge < -0.3 is 10.6 Å². The van der Waals surface area contributed by atoms with Crippen molar-refractivity contribution in [3.8, 4) is 0 Å². The fourth-order valence-electron chi connectivity index (χ4n) is 2.86. The van der Waals surface area contributed by atoms with E-state index in [2.05, 4.69) is 52.3 Å². The molecule has 2 aromatic carbocycles. The number of anilines is 1. The van der Waals surface area contributed by atoms with Crippen LogP contribution >= 0.6 is 0 Å². The smallest absolute Gasteiger partial charge is 0.122 e. The average Bonchev–Trinajstić information content (AvgIpc) is 2.57. The highest BCUT2D eigenvalue weighted by atomic mass is 15.3. The summed E-state index contributed by atoms with van der Waals surface area (Å²) in [5.41, 5.74) is 8.87. The average molecular weight is 294 g/mol. The highest BCUT2D eigenvalue weighted by Crippen LogP contribution is 2.18. The van der Waals surface area contributed by atoms with Crippen molar-refractivity contribution in [2.24, 2.45) is 5.73 Å². The summed E-state index contributed by atoms with van der Waals surface area (Å²) in [6.07, 6.45) is 0. The second kappa shape index (κ2) is 6.62. The van der Waals surface area contributed by atoms with Gasteiger partial charge in [-0.15, -0.1) is 0 Å². The molecule has 114 valence electrons. The van der Waals surface area contributed by atoms with Crippen molar-refractivity contribution in [2.45, 2.75) is 6.54 Å². The zero-order valence-electron chi connectivity index (χ0n) is 12.7. The quantitative estimate of drug-likeness (QED) is 0.672. The molecule has 1 heterocycles. The van der Waals surface area contributed by atoms with Gasteiger partial charge in [0.2, 0.25) is 0 Å². The van der Waals surface area contributed by atoms with Crippen LogP contribution in [-0.4, -0.2) is 36.9 Å². The number of benzene rings is 2. The molecule has 22 heavy (non-hydrogen) atoms. The predicted molar refractivity (Wildman–Crippen MR) is 91.4 cm³/mol. The summed E-state index contributed by atoms with van der Waals surface area (Å²) in [5.74, 6) is 0.124. The van der Waals surface area contributed by atoms with Gasteiger partial charge in [0, 0.05) is 44.0 Å². The Kier molecular flexibility index (Phi) is 4.39. The van der Waals surface area contributed by atoms with Crippen LogP contribution in [0.1, 0.15) is 11.1 Å². The second-order valence-electron chi connectivity index (χ2n) is 5.71. The highest BCUT2D eigenvalue weighted by Gasteiger charge is 2.17. The number of nitrogens with one attached hydrogen (secondary N) is 1. The summed E-state index contributed by atoms with van der Waals surface area (Å²) >= 11 is 0. The molecule has 0 saturated carbocycles. The second-order valence-corrected chi connectivity index (χ2v) is 5.71. The minimum absolute atomic E-state index is 0.124. The minimum Gasteiger partial charge on any atom is -0.384 e. The van der Waals surface area contributed by atoms with Crippen LogP contribution in [0.4, 0.5) is 5.69 Å². The molecule has 0 radical (unpaired) electrons. The summed E-state index contributed by atoms with van der Waals surface area (Å²) in [4.78, 5) is 4.89. The van der Waals surface area contributed by atoms with E-state index in [4.69, 9.17) is 11.1 Å². The molecule has 2 aromatic rings. The predicted octanol–water partition coefficient (Wildman–Crippen LogP) is 2.29. The maximum Gasteiger partial charge on any atom is 0.122 e. The number of nitrogens with two attached hydrogens (primary N) is 1. The zero-order chi connectivity index (χ0) is 15.4. The normalized spacial score (nSPS) is 15.7. The minimum atomic E-state index is 0.124. The molecule has 1 fully saturated rings. The van der Waals surface area contributed by atoms with E-state index in [0.717, 1.165) is 38.3 Å². The lowest BCUT2D eigenvalue weighted by Crippen LogP contribution is -2.45. The molecule has 4 heteroatoms. The molecule has 1 aliphatic heterocycles. The summed E-state index contributed by atoms with van der Waals surface area (Å²) in [6.45, 7) is 5.24. The number of hydrogen-bond donors (Lipinski definition) is 2. The van der Waals surface area contributed by atoms with Gasteiger partial charge in [-0.1, -0.05) is 30.3 Å². The fourth-order valence-corrected chi connectivity index (χ4v) is 2.86. The van der Waals surface area contributed by atoms with Crippen molar-refractivity contribution in [1.82, 2.24) is 4.90 Å². The van der Waals surface area contributed by atoms with E-state index in [1.54, 1.807) is 0 Å². The standard InChI is InChI=1S/C18H22N4/c19-18(20)16-6-8-17(9-7-16)22-12-10-21(11-13-22)14-15-4-2-1-3-5-15/h1-9H,10-14H2,(H3,19,20). The van der Waals surface area contributed by atoms with Crippen LogP contribution < -0.4 is 10.6 Å². The Bertz CT molecular complexity index is 613. The Hall–Kier alpha value is -2.33. The van der Waals surface area contributed by atoms with Gasteiger partial charge in [-0.05, 0) is 29.8 Å². The lowest BCUT2D eigenvalue weighted by atomic mass is 10.1. The zero-order valence-corrected chi connectivity index (χ0v) is 12.7. The van der Waals surface area contributed by atoms with E-state index < -0.39 is 0 Å². The monoisotopic (exact) mass is 294 g/mol. The van der Waals surface area contributed by atoms with Crippen molar-refractivity contribution in [1.29, 1.82) is 5.41 Å². The van der Waals surface area contributed by atoms with E-state index in [-0.39, 0.29) is 5.84 Å². The number of hydrogen-bond acceptors (Lipinski definition) is 3. The number of nitrogen functional groups attached to an aromatic ring is 1. The van der Waals surface area contributed by atoms with Crippen molar-refractivity contribution < 1.29 is 0 Å². The molecule has 3 N–H and O–H groups in total. The molecule has 0 amide bonds. The molecule has 0 aliphatic carbocycles. The summed E-state index contributed by atoms with van der Waals surface area (Å²) in [7, 11) is 0. The topological polar surface area (TPSA) is 56.4 Å². The van der Waals surface area contributed by atoms with Crippen molar-refractivity contribution in [3.63, 3.8) is 0 Å². The van der Waals surface area contributed by atoms with Gasteiger partial charge in [0.15, 0.2) is 0 Å². The van der Waals surface area contributed by atoms with Crippen LogP contribution in [0.3, 0.4) is 0 Å². The van der Waals surface area contributed by atoms with E-state index >= 15 is 0 Å². The molecule has 1 saturated heterocycles. The van der Waals surface area contributed by atoms with Crippen LogP contribution in [0, 0.1) is 5.41 Å². The Morgan fingerprint density at radius 3 is 2.14 bits per heavy atom. The Morgan fingerprint density at radius 1 is 0.909 bits per heavy atom. The maximum absolute atomic E-state index is 7.44. The Balaban J connectivity index is 1.56.